The van der Waals surface area contributed by atoms with Gasteiger partial charge in [-0.25, -0.2) is 8.78 Å². The fraction of sp³-hybridized carbons (Fsp3) is 0.231. The fourth-order valence-electron chi connectivity index (χ4n) is 1.85. The molecule has 0 aliphatic heterocycles. The Morgan fingerprint density at radius 2 is 2.11 bits per heavy atom. The van der Waals surface area contributed by atoms with Crippen molar-refractivity contribution in [3.8, 4) is 0 Å². The Kier molecular flexibility index (Phi) is 3.50. The van der Waals surface area contributed by atoms with Crippen LogP contribution in [0.4, 0.5) is 8.78 Å². The van der Waals surface area contributed by atoms with Crippen LogP contribution in [0.3, 0.4) is 0 Å². The molecule has 0 fully saturated rings. The molecule has 1 unspecified atom stereocenters. The molecular formula is C13H11F2NO2. The largest absolute Gasteiger partial charge is 0.481 e. The third-order valence-corrected chi connectivity index (χ3v) is 2.76. The molecule has 0 amide bonds. The number of halogens is 2. The Hall–Kier alpha value is -2.04. The van der Waals surface area contributed by atoms with Gasteiger partial charge in [0, 0.05) is 11.6 Å². The van der Waals surface area contributed by atoms with Gasteiger partial charge in [0.15, 0.2) is 0 Å². The monoisotopic (exact) mass is 251 g/mol. The highest BCUT2D eigenvalue weighted by Gasteiger charge is 2.25. The summed E-state index contributed by atoms with van der Waals surface area (Å²) in [5.74, 6) is -2.53. The van der Waals surface area contributed by atoms with Gasteiger partial charge < -0.3 is 5.11 Å². The minimum Gasteiger partial charge on any atom is -0.481 e. The molecule has 1 aromatic heterocycles. The van der Waals surface area contributed by atoms with E-state index in [1.807, 2.05) is 6.07 Å². The molecule has 0 saturated heterocycles. The van der Waals surface area contributed by atoms with E-state index in [4.69, 9.17) is 5.11 Å². The van der Waals surface area contributed by atoms with E-state index in [-0.39, 0.29) is 0 Å². The van der Waals surface area contributed by atoms with E-state index >= 15 is 0 Å². The molecular weight excluding hydrogens is 240 g/mol. The number of pyridine rings is 1. The number of aromatic nitrogens is 1. The lowest BCUT2D eigenvalue weighted by atomic mass is 9.95. The number of rotatable bonds is 4. The van der Waals surface area contributed by atoms with E-state index in [1.165, 1.54) is 12.1 Å². The molecule has 0 spiro atoms. The van der Waals surface area contributed by atoms with Crippen LogP contribution in [0, 0.1) is 0 Å². The van der Waals surface area contributed by atoms with Gasteiger partial charge in [-0.15, -0.1) is 0 Å². The van der Waals surface area contributed by atoms with Crippen LogP contribution in [0.25, 0.3) is 10.9 Å². The smallest absolute Gasteiger partial charge is 0.304 e. The lowest BCUT2D eigenvalue weighted by Gasteiger charge is -2.14. The van der Waals surface area contributed by atoms with Crippen LogP contribution in [0.2, 0.25) is 0 Å². The Labute approximate surface area is 102 Å². The van der Waals surface area contributed by atoms with Gasteiger partial charge in [0.1, 0.15) is 0 Å². The van der Waals surface area contributed by atoms with Gasteiger partial charge in [-0.3, -0.25) is 9.78 Å². The van der Waals surface area contributed by atoms with Crippen LogP contribution in [0.15, 0.2) is 36.5 Å². The summed E-state index contributed by atoms with van der Waals surface area (Å²) < 4.78 is 25.7. The number of carboxylic acids is 1. The third kappa shape index (κ3) is 2.61. The fourth-order valence-corrected chi connectivity index (χ4v) is 1.85. The molecule has 0 aliphatic carbocycles. The van der Waals surface area contributed by atoms with Crippen molar-refractivity contribution in [3.05, 3.63) is 42.1 Å². The summed E-state index contributed by atoms with van der Waals surface area (Å²) in [6.45, 7) is 0. The van der Waals surface area contributed by atoms with E-state index in [1.54, 1.807) is 18.3 Å². The standard InChI is InChI=1S/C13H11F2NO2/c14-13(15)10(7-12(17)18)9-4-3-8-2-1-5-16-11(8)6-9/h1-6,10,13H,7H2,(H,17,18). The van der Waals surface area contributed by atoms with Crippen molar-refractivity contribution in [3.63, 3.8) is 0 Å². The summed E-state index contributed by atoms with van der Waals surface area (Å²) >= 11 is 0. The van der Waals surface area contributed by atoms with Crippen molar-refractivity contribution in [2.75, 3.05) is 0 Å². The Morgan fingerprint density at radius 1 is 1.33 bits per heavy atom. The molecule has 5 heteroatoms. The van der Waals surface area contributed by atoms with Gasteiger partial charge in [0.2, 0.25) is 6.43 Å². The maximum Gasteiger partial charge on any atom is 0.304 e. The highest BCUT2D eigenvalue weighted by Crippen LogP contribution is 2.28. The van der Waals surface area contributed by atoms with Gasteiger partial charge in [-0.05, 0) is 17.7 Å². The molecule has 1 aromatic carbocycles. The Bertz CT molecular complexity index is 572. The molecule has 0 aliphatic rings. The first-order chi connectivity index (χ1) is 8.58. The van der Waals surface area contributed by atoms with Crippen LogP contribution < -0.4 is 0 Å². The second kappa shape index (κ2) is 5.08. The zero-order chi connectivity index (χ0) is 13.1. The summed E-state index contributed by atoms with van der Waals surface area (Å²) in [6.07, 6.45) is -1.72. The minimum absolute atomic E-state index is 0.304. The maximum atomic E-state index is 12.9. The van der Waals surface area contributed by atoms with Crippen LogP contribution >= 0.6 is 0 Å². The molecule has 2 rings (SSSR count). The van der Waals surface area contributed by atoms with E-state index in [0.717, 1.165) is 5.39 Å². The first-order valence-electron chi connectivity index (χ1n) is 5.42. The predicted octanol–water partition coefficient (Wildman–Crippen LogP) is 3.06. The molecule has 0 saturated carbocycles. The lowest BCUT2D eigenvalue weighted by molar-refractivity contribution is -0.138. The second-order valence-corrected chi connectivity index (χ2v) is 3.99. The number of hydrogen-bond acceptors (Lipinski definition) is 2. The van der Waals surface area contributed by atoms with Crippen LogP contribution in [-0.4, -0.2) is 22.5 Å². The zero-order valence-corrected chi connectivity index (χ0v) is 9.38. The predicted molar refractivity (Wildman–Crippen MR) is 62.7 cm³/mol. The molecule has 1 N–H and O–H groups in total. The van der Waals surface area contributed by atoms with Gasteiger partial charge in [0.25, 0.3) is 0 Å². The molecule has 0 radical (unpaired) electrons. The van der Waals surface area contributed by atoms with Crippen molar-refractivity contribution in [1.82, 2.24) is 4.98 Å². The second-order valence-electron chi connectivity index (χ2n) is 3.99. The number of hydrogen-bond donors (Lipinski definition) is 1. The maximum absolute atomic E-state index is 12.9. The summed E-state index contributed by atoms with van der Waals surface area (Å²) in [7, 11) is 0. The molecule has 1 atom stereocenters. The highest BCUT2D eigenvalue weighted by atomic mass is 19.3. The normalized spacial score (nSPS) is 12.8. The van der Waals surface area contributed by atoms with Crippen LogP contribution in [-0.2, 0) is 4.79 Å². The number of alkyl halides is 2. The van der Waals surface area contributed by atoms with Crippen molar-refractivity contribution in [2.45, 2.75) is 18.8 Å². The van der Waals surface area contributed by atoms with E-state index in [2.05, 4.69) is 4.98 Å². The molecule has 2 aromatic rings. The van der Waals surface area contributed by atoms with Crippen LogP contribution in [0.1, 0.15) is 17.9 Å². The summed E-state index contributed by atoms with van der Waals surface area (Å²) in [4.78, 5) is 14.7. The molecule has 94 valence electrons. The number of carbonyl (C=O) groups is 1. The minimum atomic E-state index is -2.71. The Morgan fingerprint density at radius 3 is 2.78 bits per heavy atom. The first-order valence-corrected chi connectivity index (χ1v) is 5.42. The van der Waals surface area contributed by atoms with Crippen LogP contribution in [0.5, 0.6) is 0 Å². The summed E-state index contributed by atoms with van der Waals surface area (Å²) in [5, 5.41) is 9.50. The number of carboxylic acid groups (broad SMARTS) is 1. The van der Waals surface area contributed by atoms with E-state index in [9.17, 15) is 13.6 Å². The summed E-state index contributed by atoms with van der Waals surface area (Å²) in [5.41, 5.74) is 0.893. The van der Waals surface area contributed by atoms with Gasteiger partial charge >= 0.3 is 5.97 Å². The SMILES string of the molecule is O=C(O)CC(c1ccc2cccnc2c1)C(F)F. The zero-order valence-electron chi connectivity index (χ0n) is 9.38. The summed E-state index contributed by atoms with van der Waals surface area (Å²) in [6, 6.07) is 8.30. The van der Waals surface area contributed by atoms with E-state index < -0.39 is 24.7 Å². The number of benzene rings is 1. The molecule has 0 bridgehead atoms. The quantitative estimate of drug-likeness (QED) is 0.908. The first kappa shape index (κ1) is 12.4. The average Bonchev–Trinajstić information content (AvgIpc) is 2.35. The Balaban J connectivity index is 2.41. The number of nitrogens with zero attached hydrogens (tertiary/aromatic N) is 1. The number of fused-ring (bicyclic) bond motifs is 1. The van der Waals surface area contributed by atoms with Gasteiger partial charge in [0.05, 0.1) is 17.9 Å². The molecule has 3 nitrogen and oxygen atoms in total. The highest BCUT2D eigenvalue weighted by molar-refractivity contribution is 5.79. The lowest BCUT2D eigenvalue weighted by Crippen LogP contribution is -2.14. The van der Waals surface area contributed by atoms with Gasteiger partial charge in [-0.1, -0.05) is 18.2 Å². The van der Waals surface area contributed by atoms with Gasteiger partial charge in [-0.2, -0.15) is 0 Å². The average molecular weight is 251 g/mol. The van der Waals surface area contributed by atoms with E-state index in [0.29, 0.717) is 11.1 Å². The number of aliphatic carboxylic acids is 1. The molecule has 1 heterocycles. The molecule has 18 heavy (non-hydrogen) atoms. The van der Waals surface area contributed by atoms with Crippen molar-refractivity contribution in [2.24, 2.45) is 0 Å². The van der Waals surface area contributed by atoms with Crippen molar-refractivity contribution in [1.29, 1.82) is 0 Å². The van der Waals surface area contributed by atoms with Crippen molar-refractivity contribution < 1.29 is 18.7 Å². The van der Waals surface area contributed by atoms with Crippen molar-refractivity contribution >= 4 is 16.9 Å². The third-order valence-electron chi connectivity index (χ3n) is 2.76. The topological polar surface area (TPSA) is 50.2 Å².